The predicted octanol–water partition coefficient (Wildman–Crippen LogP) is 5.73. The van der Waals surface area contributed by atoms with Gasteiger partial charge in [-0.15, -0.1) is 0 Å². The van der Waals surface area contributed by atoms with E-state index < -0.39 is 8.07 Å². The third-order valence-electron chi connectivity index (χ3n) is 6.97. The Morgan fingerprint density at radius 1 is 0.649 bits per heavy atom. The fourth-order valence-electron chi connectivity index (χ4n) is 4.91. The molecular weight excluding hydrogens is 472 g/mol. The first kappa shape index (κ1) is 26.7. The minimum absolute atomic E-state index is 0.767. The molecule has 0 saturated heterocycles. The standard InChI is InChI=1S/C32H40N2O2Si/c1-3-5-10-24-35-28-14-18-31(19-15-28)37(27-34-23-22-33-26-34,30-12-8-7-9-13-30)32-20-16-29(17-21-32)36-25-11-6-4-2/h7-9,12-23,26H,3-6,10-11,24-25,27H2,1-2H3. The van der Waals surface area contributed by atoms with Gasteiger partial charge in [-0.3, -0.25) is 0 Å². The van der Waals surface area contributed by atoms with Gasteiger partial charge in [-0.25, -0.2) is 4.98 Å². The number of unbranched alkanes of at least 4 members (excludes halogenated alkanes) is 4. The largest absolute Gasteiger partial charge is 0.494 e. The van der Waals surface area contributed by atoms with Crippen LogP contribution in [0.25, 0.3) is 0 Å². The van der Waals surface area contributed by atoms with E-state index in [1.54, 1.807) is 0 Å². The summed E-state index contributed by atoms with van der Waals surface area (Å²) in [5, 5.41) is 4.08. The summed E-state index contributed by atoms with van der Waals surface area (Å²) in [5.74, 6) is 1.88. The monoisotopic (exact) mass is 512 g/mol. The lowest BCUT2D eigenvalue weighted by Gasteiger charge is -2.34. The summed E-state index contributed by atoms with van der Waals surface area (Å²) < 4.78 is 14.3. The van der Waals surface area contributed by atoms with Gasteiger partial charge in [0.2, 0.25) is 0 Å². The lowest BCUT2D eigenvalue weighted by Crippen LogP contribution is -2.69. The van der Waals surface area contributed by atoms with Gasteiger partial charge in [0.25, 0.3) is 0 Å². The van der Waals surface area contributed by atoms with Gasteiger partial charge in [0.05, 0.1) is 19.5 Å². The Hall–Kier alpha value is -3.31. The topological polar surface area (TPSA) is 36.3 Å². The van der Waals surface area contributed by atoms with Crippen LogP contribution in [0.1, 0.15) is 52.4 Å². The van der Waals surface area contributed by atoms with Crippen molar-refractivity contribution in [2.45, 2.75) is 58.5 Å². The number of hydrogen-bond donors (Lipinski definition) is 0. The highest BCUT2D eigenvalue weighted by molar-refractivity contribution is 7.10. The second-order valence-electron chi connectivity index (χ2n) is 9.67. The van der Waals surface area contributed by atoms with Gasteiger partial charge in [0.15, 0.2) is 8.07 Å². The van der Waals surface area contributed by atoms with Crippen LogP contribution in [-0.2, 0) is 6.17 Å². The fraction of sp³-hybridized carbons (Fsp3) is 0.344. The van der Waals surface area contributed by atoms with Gasteiger partial charge in [-0.05, 0) is 52.7 Å². The summed E-state index contributed by atoms with van der Waals surface area (Å²) in [5.41, 5.74) is 0. The van der Waals surface area contributed by atoms with Crippen LogP contribution in [0.4, 0.5) is 0 Å². The molecule has 0 aliphatic heterocycles. The molecule has 0 radical (unpaired) electrons. The second-order valence-corrected chi connectivity index (χ2v) is 13.5. The number of imidazole rings is 1. The maximum absolute atomic E-state index is 6.05. The van der Waals surface area contributed by atoms with Crippen molar-refractivity contribution in [3.8, 4) is 11.5 Å². The summed E-state index contributed by atoms with van der Waals surface area (Å²) in [6.45, 7) is 5.97. The molecule has 4 nitrogen and oxygen atoms in total. The van der Waals surface area contributed by atoms with Crippen LogP contribution in [0.2, 0.25) is 0 Å². The number of nitrogens with zero attached hydrogens (tertiary/aromatic N) is 2. The second kappa shape index (κ2) is 13.8. The zero-order chi connectivity index (χ0) is 25.8. The van der Waals surface area contributed by atoms with E-state index in [9.17, 15) is 0 Å². The van der Waals surface area contributed by atoms with Gasteiger partial charge < -0.3 is 14.0 Å². The highest BCUT2D eigenvalue weighted by atomic mass is 28.3. The maximum Gasteiger partial charge on any atom is 0.168 e. The quantitative estimate of drug-likeness (QED) is 0.116. The summed E-state index contributed by atoms with van der Waals surface area (Å²) in [4.78, 5) is 4.36. The van der Waals surface area contributed by atoms with Crippen molar-refractivity contribution in [2.24, 2.45) is 0 Å². The van der Waals surface area contributed by atoms with Crippen LogP contribution in [0.15, 0.2) is 97.6 Å². The van der Waals surface area contributed by atoms with Gasteiger partial charge >= 0.3 is 0 Å². The summed E-state index contributed by atoms with van der Waals surface area (Å²) in [7, 11) is -2.45. The van der Waals surface area contributed by atoms with E-state index in [4.69, 9.17) is 9.47 Å². The van der Waals surface area contributed by atoms with E-state index in [1.165, 1.54) is 41.2 Å². The van der Waals surface area contributed by atoms with Gasteiger partial charge in [0.1, 0.15) is 11.5 Å². The molecular formula is C32H40N2O2Si. The average molecular weight is 513 g/mol. The Bertz CT molecular complexity index is 1100. The van der Waals surface area contributed by atoms with Crippen molar-refractivity contribution in [1.29, 1.82) is 0 Å². The molecule has 4 rings (SSSR count). The van der Waals surface area contributed by atoms with E-state index in [1.807, 2.05) is 12.5 Å². The highest BCUT2D eigenvalue weighted by Crippen LogP contribution is 2.17. The molecule has 0 saturated carbocycles. The van der Waals surface area contributed by atoms with Crippen molar-refractivity contribution in [3.05, 3.63) is 97.6 Å². The van der Waals surface area contributed by atoms with E-state index in [-0.39, 0.29) is 0 Å². The summed E-state index contributed by atoms with van der Waals surface area (Å²) in [6, 6.07) is 28.7. The molecule has 0 aliphatic rings. The van der Waals surface area contributed by atoms with Crippen LogP contribution >= 0.6 is 0 Å². The molecule has 0 unspecified atom stereocenters. The highest BCUT2D eigenvalue weighted by Gasteiger charge is 2.40. The number of hydrogen-bond acceptors (Lipinski definition) is 3. The molecule has 1 heterocycles. The molecule has 3 aromatic carbocycles. The van der Waals surface area contributed by atoms with Gasteiger partial charge in [-0.1, -0.05) is 94.1 Å². The van der Waals surface area contributed by atoms with E-state index in [0.29, 0.717) is 0 Å². The predicted molar refractivity (Wildman–Crippen MR) is 156 cm³/mol. The Morgan fingerprint density at radius 2 is 1.16 bits per heavy atom. The zero-order valence-corrected chi connectivity index (χ0v) is 23.3. The van der Waals surface area contributed by atoms with E-state index in [2.05, 4.69) is 108 Å². The molecule has 4 aromatic rings. The van der Waals surface area contributed by atoms with Crippen LogP contribution in [0, 0.1) is 0 Å². The molecule has 0 bridgehead atoms. The fourth-order valence-corrected chi connectivity index (χ4v) is 9.42. The summed E-state index contributed by atoms with van der Waals surface area (Å²) in [6.07, 6.45) is 13.7. The van der Waals surface area contributed by atoms with E-state index in [0.717, 1.165) is 43.7 Å². The Labute approximate surface area is 223 Å². The van der Waals surface area contributed by atoms with Gasteiger partial charge in [0, 0.05) is 18.6 Å². The molecule has 0 spiro atoms. The zero-order valence-electron chi connectivity index (χ0n) is 22.3. The van der Waals surface area contributed by atoms with Crippen molar-refractivity contribution in [2.75, 3.05) is 13.2 Å². The van der Waals surface area contributed by atoms with Crippen LogP contribution in [-0.4, -0.2) is 30.8 Å². The Morgan fingerprint density at radius 3 is 1.62 bits per heavy atom. The lowest BCUT2D eigenvalue weighted by atomic mass is 10.3. The molecule has 0 aliphatic carbocycles. The molecule has 1 aromatic heterocycles. The molecule has 194 valence electrons. The number of ether oxygens (including phenoxy) is 2. The Balaban J connectivity index is 1.71. The number of rotatable bonds is 15. The molecule has 5 heteroatoms. The smallest absolute Gasteiger partial charge is 0.168 e. The van der Waals surface area contributed by atoms with Crippen molar-refractivity contribution in [3.63, 3.8) is 0 Å². The first-order chi connectivity index (χ1) is 18.3. The van der Waals surface area contributed by atoms with Crippen molar-refractivity contribution < 1.29 is 9.47 Å². The molecule has 0 fully saturated rings. The lowest BCUT2D eigenvalue weighted by molar-refractivity contribution is 0.306. The molecule has 0 atom stereocenters. The first-order valence-electron chi connectivity index (χ1n) is 13.7. The van der Waals surface area contributed by atoms with Crippen molar-refractivity contribution >= 4 is 23.6 Å². The Kier molecular flexibility index (Phi) is 10.0. The number of benzene rings is 3. The maximum atomic E-state index is 6.05. The minimum Gasteiger partial charge on any atom is -0.494 e. The summed E-state index contributed by atoms with van der Waals surface area (Å²) >= 11 is 0. The third kappa shape index (κ3) is 6.92. The van der Waals surface area contributed by atoms with Gasteiger partial charge in [-0.2, -0.15) is 0 Å². The van der Waals surface area contributed by atoms with E-state index >= 15 is 0 Å². The van der Waals surface area contributed by atoms with Crippen molar-refractivity contribution in [1.82, 2.24) is 9.55 Å². The van der Waals surface area contributed by atoms with Crippen LogP contribution < -0.4 is 25.0 Å². The minimum atomic E-state index is -2.45. The SMILES string of the molecule is CCCCCOc1ccc([Si](Cn2ccnc2)(c2ccccc2)c2ccc(OCCCCC)cc2)cc1. The molecule has 0 N–H and O–H groups in total. The normalized spacial score (nSPS) is 11.4. The van der Waals surface area contributed by atoms with Crippen LogP contribution in [0.5, 0.6) is 11.5 Å². The molecule has 37 heavy (non-hydrogen) atoms. The van der Waals surface area contributed by atoms with Crippen LogP contribution in [0.3, 0.4) is 0 Å². The number of aromatic nitrogens is 2. The first-order valence-corrected chi connectivity index (χ1v) is 15.9. The average Bonchev–Trinajstić information content (AvgIpc) is 3.47. The molecule has 0 amide bonds. The third-order valence-corrected chi connectivity index (χ3v) is 11.8.